The third-order valence-electron chi connectivity index (χ3n) is 5.35. The van der Waals surface area contributed by atoms with Crippen LogP contribution in [0.5, 0.6) is 0 Å². The second kappa shape index (κ2) is 12.4. The van der Waals surface area contributed by atoms with Crippen molar-refractivity contribution in [3.8, 4) is 0 Å². The highest BCUT2D eigenvalue weighted by atomic mass is 127. The predicted octanol–water partition coefficient (Wildman–Crippen LogP) is 9.79. The molecular formula is C28H26ClFIN2P. The van der Waals surface area contributed by atoms with Crippen LogP contribution in [0.1, 0.15) is 48.1 Å². The van der Waals surface area contributed by atoms with Crippen LogP contribution in [0, 0.1) is 11.2 Å². The average Bonchev–Trinajstić information content (AvgIpc) is 2.83. The van der Waals surface area contributed by atoms with Gasteiger partial charge >= 0.3 is 0 Å². The van der Waals surface area contributed by atoms with Crippen LogP contribution in [0.25, 0.3) is 17.2 Å². The Hall–Kier alpha value is -2.27. The molecule has 0 saturated carbocycles. The number of halogens is 3. The summed E-state index contributed by atoms with van der Waals surface area (Å²) >= 11 is 8.78. The van der Waals surface area contributed by atoms with E-state index in [1.807, 2.05) is 31.2 Å². The lowest BCUT2D eigenvalue weighted by molar-refractivity contribution is 0.628. The molecular weight excluding hydrogens is 577 g/mol. The van der Waals surface area contributed by atoms with E-state index in [1.54, 1.807) is 6.07 Å². The molecule has 2 N–H and O–H groups in total. The monoisotopic (exact) mass is 602 g/mol. The molecule has 0 aliphatic heterocycles. The van der Waals surface area contributed by atoms with Gasteiger partial charge in [-0.25, -0.2) is 4.39 Å². The number of allylic oxidation sites excluding steroid dienone is 3. The van der Waals surface area contributed by atoms with Crippen molar-refractivity contribution < 1.29 is 4.39 Å². The Morgan fingerprint density at radius 3 is 2.41 bits per heavy atom. The molecule has 0 radical (unpaired) electrons. The molecule has 1 atom stereocenters. The summed E-state index contributed by atoms with van der Waals surface area (Å²) in [7, 11) is 0. The third-order valence-corrected chi connectivity index (χ3v) is 6.83. The van der Waals surface area contributed by atoms with E-state index in [9.17, 15) is 4.39 Å². The fourth-order valence-corrected chi connectivity index (χ4v) is 5.24. The van der Waals surface area contributed by atoms with Gasteiger partial charge in [-0.15, -0.1) is 0 Å². The number of anilines is 1. The molecule has 0 aliphatic rings. The van der Waals surface area contributed by atoms with Crippen molar-refractivity contribution in [2.45, 2.75) is 20.3 Å². The molecule has 3 rings (SSSR count). The quantitative estimate of drug-likeness (QED) is 0.0826. The Labute approximate surface area is 220 Å². The lowest BCUT2D eigenvalue weighted by Crippen LogP contribution is -1.99. The summed E-state index contributed by atoms with van der Waals surface area (Å²) in [6.45, 7) is 7.95. The van der Waals surface area contributed by atoms with Gasteiger partial charge in [0.1, 0.15) is 5.82 Å². The maximum Gasteiger partial charge on any atom is 0.124 e. The van der Waals surface area contributed by atoms with Gasteiger partial charge in [0.2, 0.25) is 0 Å². The fourth-order valence-electron chi connectivity index (χ4n) is 3.75. The van der Waals surface area contributed by atoms with Gasteiger partial charge in [0.25, 0.3) is 0 Å². The lowest BCUT2D eigenvalue weighted by atomic mass is 9.87. The Balaban J connectivity index is 2.26. The van der Waals surface area contributed by atoms with Gasteiger partial charge < -0.3 is 10.5 Å². The fraction of sp³-hybridized carbons (Fsp3) is 0.107. The molecule has 2 nitrogen and oxygen atoms in total. The predicted molar refractivity (Wildman–Crippen MR) is 158 cm³/mol. The zero-order valence-electron chi connectivity index (χ0n) is 19.1. The summed E-state index contributed by atoms with van der Waals surface area (Å²) < 4.78 is 13.8. The Kier molecular flexibility index (Phi) is 9.63. The molecule has 0 saturated heterocycles. The summed E-state index contributed by atoms with van der Waals surface area (Å²) in [4.78, 5) is 0. The lowest BCUT2D eigenvalue weighted by Gasteiger charge is -2.19. The van der Waals surface area contributed by atoms with Crippen LogP contribution < -0.4 is 5.09 Å². The minimum Gasteiger partial charge on any atom is -0.358 e. The normalized spacial score (nSPS) is 12.3. The second-order valence-corrected chi connectivity index (χ2v) is 10.3. The van der Waals surface area contributed by atoms with Crippen LogP contribution in [-0.4, -0.2) is 6.21 Å². The molecule has 0 amide bonds. The number of nitrogens with one attached hydrogen (secondary N) is 2. The van der Waals surface area contributed by atoms with Gasteiger partial charge in [-0.05, 0) is 93.1 Å². The first-order chi connectivity index (χ1) is 16.4. The van der Waals surface area contributed by atoms with Crippen LogP contribution in [0.3, 0.4) is 0 Å². The van der Waals surface area contributed by atoms with E-state index in [0.29, 0.717) is 17.8 Å². The first-order valence-electron chi connectivity index (χ1n) is 10.8. The largest absolute Gasteiger partial charge is 0.358 e. The molecule has 1 unspecified atom stereocenters. The average molecular weight is 603 g/mol. The summed E-state index contributed by atoms with van der Waals surface area (Å²) in [6, 6.07) is 18.9. The number of hydrogen-bond acceptors (Lipinski definition) is 2. The van der Waals surface area contributed by atoms with Gasteiger partial charge in [-0.2, -0.15) is 0 Å². The molecule has 0 bridgehead atoms. The van der Waals surface area contributed by atoms with Crippen LogP contribution >= 0.6 is 40.0 Å². The minimum atomic E-state index is -0.361. The maximum atomic E-state index is 13.8. The highest BCUT2D eigenvalue weighted by molar-refractivity contribution is 14.2. The molecule has 0 heterocycles. The number of rotatable bonds is 9. The zero-order valence-corrected chi connectivity index (χ0v) is 23.0. The van der Waals surface area contributed by atoms with Crippen LogP contribution in [-0.2, 0) is 0 Å². The van der Waals surface area contributed by atoms with Crippen molar-refractivity contribution in [3.63, 3.8) is 0 Å². The maximum absolute atomic E-state index is 13.8. The number of hydrogen-bond donors (Lipinski definition) is 2. The topological polar surface area (TPSA) is 35.9 Å². The van der Waals surface area contributed by atoms with Crippen LogP contribution in [0.2, 0.25) is 5.02 Å². The van der Waals surface area contributed by atoms with E-state index in [2.05, 4.69) is 71.0 Å². The van der Waals surface area contributed by atoms with Crippen molar-refractivity contribution in [2.75, 3.05) is 5.09 Å². The molecule has 0 fully saturated rings. The summed E-state index contributed by atoms with van der Waals surface area (Å²) in [6.07, 6.45) is 6.59. The van der Waals surface area contributed by atoms with E-state index >= 15 is 0 Å². The van der Waals surface area contributed by atoms with Crippen LogP contribution in [0.15, 0.2) is 78.9 Å². The summed E-state index contributed by atoms with van der Waals surface area (Å²) in [5.41, 5.74) is 8.63. The van der Waals surface area contributed by atoms with E-state index in [4.69, 9.17) is 17.0 Å². The summed E-state index contributed by atoms with van der Waals surface area (Å²) in [5, 5.41) is 11.6. The molecule has 0 spiro atoms. The Bertz CT molecular complexity index is 1270. The Morgan fingerprint density at radius 2 is 1.82 bits per heavy atom. The molecule has 3 aromatic carbocycles. The van der Waals surface area contributed by atoms with Gasteiger partial charge in [0, 0.05) is 23.8 Å². The molecule has 3 aromatic rings. The molecule has 34 heavy (non-hydrogen) atoms. The highest BCUT2D eigenvalue weighted by Crippen LogP contribution is 2.39. The minimum absolute atomic E-state index is 0.361. The van der Waals surface area contributed by atoms with E-state index < -0.39 is 0 Å². The van der Waals surface area contributed by atoms with Gasteiger partial charge in [0.15, 0.2) is 0 Å². The van der Waals surface area contributed by atoms with Crippen molar-refractivity contribution in [1.29, 1.82) is 5.41 Å². The van der Waals surface area contributed by atoms with E-state index in [1.165, 1.54) is 18.3 Å². The van der Waals surface area contributed by atoms with Crippen molar-refractivity contribution in [2.24, 2.45) is 0 Å². The van der Waals surface area contributed by atoms with Crippen LogP contribution in [0.4, 0.5) is 10.1 Å². The van der Waals surface area contributed by atoms with Gasteiger partial charge in [0.05, 0.1) is 5.02 Å². The van der Waals surface area contributed by atoms with Crippen molar-refractivity contribution >= 4 is 69.1 Å². The molecule has 0 aliphatic carbocycles. The SMILES string of the molecule is C=C(C)/C=C/c1ccc(/C(=C(/CC)c2ccc(F)cc2Cl)c2ccc(NPI)c(C=N)c2)cc1. The Morgan fingerprint density at radius 1 is 1.12 bits per heavy atom. The number of benzene rings is 3. The van der Waals surface area contributed by atoms with Crippen molar-refractivity contribution in [1.82, 2.24) is 0 Å². The standard InChI is InChI=1S/C28H26ClFIN2P/c1-4-24(25-13-12-23(30)16-26(25)29)28(20-9-7-19(8-10-20)6-5-18(2)3)21-11-14-27(33-34-31)22(15-21)17-32/h5-17,32-34H,2,4H2,1,3H3/b6-5+,28-24+,32-17?. The first kappa shape index (κ1) is 26.3. The van der Waals surface area contributed by atoms with Gasteiger partial charge in [-0.1, -0.05) is 79.2 Å². The highest BCUT2D eigenvalue weighted by Gasteiger charge is 2.17. The molecule has 0 aromatic heterocycles. The van der Waals surface area contributed by atoms with E-state index in [0.717, 1.165) is 50.2 Å². The van der Waals surface area contributed by atoms with E-state index in [-0.39, 0.29) is 5.82 Å². The smallest absolute Gasteiger partial charge is 0.124 e. The second-order valence-electron chi connectivity index (χ2n) is 7.80. The molecule has 6 heteroatoms. The summed E-state index contributed by atoms with van der Waals surface area (Å²) in [5.74, 6) is -0.361. The third kappa shape index (κ3) is 6.44. The zero-order chi connectivity index (χ0) is 24.7. The van der Waals surface area contributed by atoms with Crippen molar-refractivity contribution in [3.05, 3.63) is 118 Å². The van der Waals surface area contributed by atoms with Gasteiger partial charge in [-0.3, -0.25) is 0 Å². The molecule has 174 valence electrons. The first-order valence-corrected chi connectivity index (χ1v) is 15.3.